The molecule has 6 heteroatoms. The van der Waals surface area contributed by atoms with Gasteiger partial charge in [0, 0.05) is 13.1 Å². The SMILES string of the molecule is NCCN1C=Nc2ccccc2S1(=O)=O. The molecule has 0 saturated carbocycles. The molecule has 0 spiro atoms. The van der Waals surface area contributed by atoms with E-state index in [4.69, 9.17) is 5.73 Å². The fraction of sp³-hybridized carbons (Fsp3) is 0.222. The van der Waals surface area contributed by atoms with Crippen molar-refractivity contribution in [3.8, 4) is 0 Å². The van der Waals surface area contributed by atoms with E-state index in [0.29, 0.717) is 5.69 Å². The van der Waals surface area contributed by atoms with Gasteiger partial charge in [-0.15, -0.1) is 0 Å². The van der Waals surface area contributed by atoms with Crippen LogP contribution >= 0.6 is 0 Å². The minimum absolute atomic E-state index is 0.237. The minimum Gasteiger partial charge on any atom is -0.329 e. The van der Waals surface area contributed by atoms with E-state index in [0.717, 1.165) is 4.31 Å². The fourth-order valence-corrected chi connectivity index (χ4v) is 2.81. The van der Waals surface area contributed by atoms with Gasteiger partial charge in [-0.1, -0.05) is 12.1 Å². The van der Waals surface area contributed by atoms with Gasteiger partial charge in [-0.2, -0.15) is 0 Å². The Morgan fingerprint density at radius 1 is 1.33 bits per heavy atom. The second kappa shape index (κ2) is 3.63. The van der Waals surface area contributed by atoms with Crippen LogP contribution in [0.1, 0.15) is 0 Å². The van der Waals surface area contributed by atoms with Crippen molar-refractivity contribution in [2.45, 2.75) is 4.90 Å². The Kier molecular flexibility index (Phi) is 2.45. The molecule has 2 rings (SSSR count). The highest BCUT2D eigenvalue weighted by atomic mass is 32.2. The molecule has 0 aliphatic carbocycles. The Balaban J connectivity index is 2.53. The lowest BCUT2D eigenvalue weighted by Crippen LogP contribution is -2.35. The van der Waals surface area contributed by atoms with Gasteiger partial charge in [-0.25, -0.2) is 13.4 Å². The van der Waals surface area contributed by atoms with E-state index in [1.165, 1.54) is 6.34 Å². The minimum atomic E-state index is -3.44. The molecule has 0 radical (unpaired) electrons. The van der Waals surface area contributed by atoms with Crippen molar-refractivity contribution in [3.05, 3.63) is 24.3 Å². The normalized spacial score (nSPS) is 17.5. The summed E-state index contributed by atoms with van der Waals surface area (Å²) < 4.78 is 25.1. The number of nitrogens with two attached hydrogens (primary N) is 1. The molecule has 1 heterocycles. The Bertz CT molecular complexity index is 496. The van der Waals surface area contributed by atoms with E-state index < -0.39 is 10.0 Å². The number of benzene rings is 1. The van der Waals surface area contributed by atoms with Gasteiger partial charge in [-0.3, -0.25) is 4.31 Å². The molecule has 1 aromatic carbocycles. The van der Waals surface area contributed by atoms with Gasteiger partial charge >= 0.3 is 0 Å². The zero-order valence-corrected chi connectivity index (χ0v) is 8.81. The highest BCUT2D eigenvalue weighted by Crippen LogP contribution is 2.29. The zero-order valence-electron chi connectivity index (χ0n) is 8.00. The summed E-state index contributed by atoms with van der Waals surface area (Å²) >= 11 is 0. The molecule has 0 saturated heterocycles. The van der Waals surface area contributed by atoms with E-state index in [-0.39, 0.29) is 18.0 Å². The van der Waals surface area contributed by atoms with Crippen molar-refractivity contribution in [2.24, 2.45) is 10.7 Å². The molecule has 0 bridgehead atoms. The molecule has 1 aliphatic rings. The predicted octanol–water partition coefficient (Wildman–Crippen LogP) is 0.309. The van der Waals surface area contributed by atoms with Crippen molar-refractivity contribution in [1.82, 2.24) is 4.31 Å². The Morgan fingerprint density at radius 3 is 2.80 bits per heavy atom. The number of para-hydroxylation sites is 1. The van der Waals surface area contributed by atoms with Gasteiger partial charge < -0.3 is 5.73 Å². The van der Waals surface area contributed by atoms with E-state index in [1.54, 1.807) is 24.3 Å². The predicted molar refractivity (Wildman–Crippen MR) is 57.5 cm³/mol. The summed E-state index contributed by atoms with van der Waals surface area (Å²) in [7, 11) is -3.44. The molecular weight excluding hydrogens is 214 g/mol. The largest absolute Gasteiger partial charge is 0.329 e. The number of sulfonamides is 1. The molecule has 5 nitrogen and oxygen atoms in total. The summed E-state index contributed by atoms with van der Waals surface area (Å²) in [5.41, 5.74) is 5.81. The molecular formula is C9H11N3O2S. The summed E-state index contributed by atoms with van der Waals surface area (Å²) in [6.45, 7) is 0.521. The quantitative estimate of drug-likeness (QED) is 0.787. The highest BCUT2D eigenvalue weighted by molar-refractivity contribution is 7.89. The van der Waals surface area contributed by atoms with Gasteiger partial charge in [0.05, 0.1) is 5.69 Å². The van der Waals surface area contributed by atoms with Gasteiger partial charge in [0.25, 0.3) is 10.0 Å². The van der Waals surface area contributed by atoms with Gasteiger partial charge in [0.1, 0.15) is 11.2 Å². The van der Waals surface area contributed by atoms with E-state index in [1.807, 2.05) is 0 Å². The Labute approximate surface area is 88.3 Å². The number of aliphatic imine (C=N–C) groups is 1. The zero-order chi connectivity index (χ0) is 10.9. The molecule has 0 atom stereocenters. The lowest BCUT2D eigenvalue weighted by atomic mass is 10.3. The average Bonchev–Trinajstić information content (AvgIpc) is 2.23. The highest BCUT2D eigenvalue weighted by Gasteiger charge is 2.27. The number of nitrogens with zero attached hydrogens (tertiary/aromatic N) is 2. The third kappa shape index (κ3) is 1.62. The van der Waals surface area contributed by atoms with E-state index in [9.17, 15) is 8.42 Å². The number of rotatable bonds is 2. The molecule has 0 fully saturated rings. The van der Waals surface area contributed by atoms with Crippen LogP contribution in [0.3, 0.4) is 0 Å². The van der Waals surface area contributed by atoms with Crippen LogP contribution in [-0.4, -0.2) is 32.2 Å². The summed E-state index contributed by atoms with van der Waals surface area (Å²) in [6.07, 6.45) is 1.31. The smallest absolute Gasteiger partial charge is 0.267 e. The maximum absolute atomic E-state index is 12.0. The van der Waals surface area contributed by atoms with Crippen LogP contribution in [0, 0.1) is 0 Å². The van der Waals surface area contributed by atoms with Crippen molar-refractivity contribution in [1.29, 1.82) is 0 Å². The number of hydrogen-bond acceptors (Lipinski definition) is 4. The van der Waals surface area contributed by atoms with Crippen LogP contribution < -0.4 is 5.73 Å². The molecule has 1 aliphatic heterocycles. The summed E-state index contributed by atoms with van der Waals surface area (Å²) in [5, 5.41) is 0. The van der Waals surface area contributed by atoms with Gasteiger partial charge in [0.15, 0.2) is 0 Å². The summed E-state index contributed by atoms with van der Waals surface area (Å²) in [5.74, 6) is 0. The second-order valence-corrected chi connectivity index (χ2v) is 4.98. The third-order valence-electron chi connectivity index (χ3n) is 2.13. The first-order valence-electron chi connectivity index (χ1n) is 4.51. The molecule has 2 N–H and O–H groups in total. The number of hydrogen-bond donors (Lipinski definition) is 1. The second-order valence-electron chi connectivity index (χ2n) is 3.12. The van der Waals surface area contributed by atoms with Crippen molar-refractivity contribution < 1.29 is 8.42 Å². The van der Waals surface area contributed by atoms with Crippen LogP contribution in [0.25, 0.3) is 0 Å². The molecule has 0 unspecified atom stereocenters. The summed E-state index contributed by atoms with van der Waals surface area (Å²) in [6, 6.07) is 6.65. The maximum atomic E-state index is 12.0. The van der Waals surface area contributed by atoms with Crippen molar-refractivity contribution >= 4 is 22.0 Å². The lowest BCUT2D eigenvalue weighted by molar-refractivity contribution is 0.527. The van der Waals surface area contributed by atoms with Crippen LogP contribution in [0.2, 0.25) is 0 Å². The van der Waals surface area contributed by atoms with Gasteiger partial charge in [0.2, 0.25) is 0 Å². The Morgan fingerprint density at radius 2 is 2.07 bits per heavy atom. The topological polar surface area (TPSA) is 75.8 Å². The molecule has 1 aromatic rings. The fourth-order valence-electron chi connectivity index (χ4n) is 1.40. The maximum Gasteiger partial charge on any atom is 0.267 e. The van der Waals surface area contributed by atoms with Crippen LogP contribution in [0.4, 0.5) is 5.69 Å². The van der Waals surface area contributed by atoms with Crippen LogP contribution in [0.5, 0.6) is 0 Å². The van der Waals surface area contributed by atoms with E-state index in [2.05, 4.69) is 4.99 Å². The van der Waals surface area contributed by atoms with Crippen molar-refractivity contribution in [3.63, 3.8) is 0 Å². The monoisotopic (exact) mass is 225 g/mol. The average molecular weight is 225 g/mol. The lowest BCUT2D eigenvalue weighted by Gasteiger charge is -2.23. The standard InChI is InChI=1S/C9H11N3O2S/c10-5-6-12-7-11-8-3-1-2-4-9(8)15(12,13)14/h1-4,7H,5-6,10H2. The molecule has 0 amide bonds. The van der Waals surface area contributed by atoms with Crippen molar-refractivity contribution in [2.75, 3.05) is 13.1 Å². The summed E-state index contributed by atoms with van der Waals surface area (Å²) in [4.78, 5) is 4.29. The molecule has 80 valence electrons. The number of fused-ring (bicyclic) bond motifs is 1. The van der Waals surface area contributed by atoms with E-state index >= 15 is 0 Å². The third-order valence-corrected chi connectivity index (χ3v) is 3.92. The van der Waals surface area contributed by atoms with Crippen LogP contribution in [-0.2, 0) is 10.0 Å². The van der Waals surface area contributed by atoms with Gasteiger partial charge in [-0.05, 0) is 12.1 Å². The first-order chi connectivity index (χ1) is 7.16. The first kappa shape index (κ1) is 10.1. The van der Waals surface area contributed by atoms with Crippen LogP contribution in [0.15, 0.2) is 34.2 Å². The first-order valence-corrected chi connectivity index (χ1v) is 5.95. The Hall–Kier alpha value is -1.40. The molecule has 15 heavy (non-hydrogen) atoms. The molecule has 0 aromatic heterocycles.